The van der Waals surface area contributed by atoms with Crippen molar-refractivity contribution in [2.45, 2.75) is 25.7 Å². The molecule has 1 aliphatic carbocycles. The van der Waals surface area contributed by atoms with Gasteiger partial charge in [-0.25, -0.2) is 9.98 Å². The zero-order chi connectivity index (χ0) is 8.23. The summed E-state index contributed by atoms with van der Waals surface area (Å²) in [6, 6.07) is 5.84. The topological polar surface area (TPSA) is 25.2 Å². The molecule has 62 valence electrons. The summed E-state index contributed by atoms with van der Waals surface area (Å²) >= 11 is 0. The van der Waals surface area contributed by atoms with E-state index in [1.807, 2.05) is 18.2 Å². The van der Waals surface area contributed by atoms with Gasteiger partial charge in [-0.3, -0.25) is 0 Å². The van der Waals surface area contributed by atoms with Gasteiger partial charge in [-0.15, -0.1) is 0 Å². The molecule has 0 radical (unpaired) electrons. The Morgan fingerprint density at radius 3 is 2.67 bits per heavy atom. The summed E-state index contributed by atoms with van der Waals surface area (Å²) in [5.74, 6) is 0.856. The van der Waals surface area contributed by atoms with Crippen LogP contribution in [0, 0.1) is 0 Å². The molecular formula is C10H12N2. The maximum atomic E-state index is 4.46. The fourth-order valence-corrected chi connectivity index (χ4v) is 1.48. The summed E-state index contributed by atoms with van der Waals surface area (Å²) in [6.07, 6.45) is 6.71. The third kappa shape index (κ3) is 1.70. The van der Waals surface area contributed by atoms with Crippen molar-refractivity contribution in [1.82, 2.24) is 4.98 Å². The predicted molar refractivity (Wildman–Crippen MR) is 49.8 cm³/mol. The SMILES string of the molecule is c1ccc(N=C2CCCC2)nc1. The first-order valence-corrected chi connectivity index (χ1v) is 4.42. The molecule has 0 amide bonds. The molecule has 0 aromatic carbocycles. The number of nitrogens with zero attached hydrogens (tertiary/aromatic N) is 2. The van der Waals surface area contributed by atoms with Crippen molar-refractivity contribution in [3.8, 4) is 0 Å². The van der Waals surface area contributed by atoms with Crippen LogP contribution in [0.15, 0.2) is 29.4 Å². The molecule has 0 N–H and O–H groups in total. The standard InChI is InChI=1S/C10H12N2/c1-2-6-9(5-1)12-10-7-3-4-8-11-10/h3-4,7-8H,1-2,5-6H2. The molecule has 1 fully saturated rings. The quantitative estimate of drug-likeness (QED) is 0.620. The molecule has 1 aromatic rings. The fourth-order valence-electron chi connectivity index (χ4n) is 1.48. The number of rotatable bonds is 1. The highest BCUT2D eigenvalue weighted by Gasteiger charge is 2.07. The van der Waals surface area contributed by atoms with Gasteiger partial charge in [0.25, 0.3) is 0 Å². The van der Waals surface area contributed by atoms with Crippen molar-refractivity contribution in [1.29, 1.82) is 0 Å². The van der Waals surface area contributed by atoms with Crippen LogP contribution in [-0.2, 0) is 0 Å². The van der Waals surface area contributed by atoms with E-state index < -0.39 is 0 Å². The lowest BCUT2D eigenvalue weighted by Gasteiger charge is -1.94. The highest BCUT2D eigenvalue weighted by molar-refractivity contribution is 5.87. The summed E-state index contributed by atoms with van der Waals surface area (Å²) in [5.41, 5.74) is 1.31. The second kappa shape index (κ2) is 3.48. The Kier molecular flexibility index (Phi) is 2.16. The normalized spacial score (nSPS) is 16.5. The summed E-state index contributed by atoms with van der Waals surface area (Å²) in [6.45, 7) is 0. The van der Waals surface area contributed by atoms with Crippen LogP contribution in [0.3, 0.4) is 0 Å². The van der Waals surface area contributed by atoms with Crippen molar-refractivity contribution >= 4 is 11.5 Å². The van der Waals surface area contributed by atoms with Crippen LogP contribution in [0.2, 0.25) is 0 Å². The molecule has 1 heterocycles. The Bertz CT molecular complexity index is 269. The molecule has 2 heteroatoms. The first-order chi connectivity index (χ1) is 5.95. The van der Waals surface area contributed by atoms with Crippen molar-refractivity contribution < 1.29 is 0 Å². The van der Waals surface area contributed by atoms with E-state index in [2.05, 4.69) is 9.98 Å². The first kappa shape index (κ1) is 7.47. The second-order valence-electron chi connectivity index (χ2n) is 3.07. The van der Waals surface area contributed by atoms with Gasteiger partial charge in [0.15, 0.2) is 5.82 Å². The highest BCUT2D eigenvalue weighted by Crippen LogP contribution is 2.18. The largest absolute Gasteiger partial charge is 0.238 e. The molecule has 0 bridgehead atoms. The third-order valence-corrected chi connectivity index (χ3v) is 2.10. The van der Waals surface area contributed by atoms with Gasteiger partial charge < -0.3 is 0 Å². The first-order valence-electron chi connectivity index (χ1n) is 4.42. The molecule has 0 atom stereocenters. The smallest absolute Gasteiger partial charge is 0.151 e. The lowest BCUT2D eigenvalue weighted by molar-refractivity contribution is 0.886. The van der Waals surface area contributed by atoms with Gasteiger partial charge in [0.1, 0.15) is 0 Å². The van der Waals surface area contributed by atoms with Gasteiger partial charge in [-0.1, -0.05) is 6.07 Å². The van der Waals surface area contributed by atoms with Crippen LogP contribution < -0.4 is 0 Å². The Hall–Kier alpha value is -1.18. The van der Waals surface area contributed by atoms with E-state index in [1.54, 1.807) is 6.20 Å². The Morgan fingerprint density at radius 1 is 1.17 bits per heavy atom. The minimum Gasteiger partial charge on any atom is -0.238 e. The Morgan fingerprint density at radius 2 is 2.00 bits per heavy atom. The monoisotopic (exact) mass is 160 g/mol. The number of hydrogen-bond acceptors (Lipinski definition) is 2. The molecule has 0 saturated heterocycles. The highest BCUT2D eigenvalue weighted by atomic mass is 14.9. The van der Waals surface area contributed by atoms with Crippen molar-refractivity contribution in [2.24, 2.45) is 4.99 Å². The maximum absolute atomic E-state index is 4.46. The minimum atomic E-state index is 0.856. The number of aliphatic imine (C=N–C) groups is 1. The summed E-state index contributed by atoms with van der Waals surface area (Å²) < 4.78 is 0. The number of aromatic nitrogens is 1. The van der Waals surface area contributed by atoms with Gasteiger partial charge in [0.05, 0.1) is 0 Å². The zero-order valence-electron chi connectivity index (χ0n) is 7.03. The van der Waals surface area contributed by atoms with E-state index in [0.29, 0.717) is 0 Å². The minimum absolute atomic E-state index is 0.856. The maximum Gasteiger partial charge on any atom is 0.151 e. The van der Waals surface area contributed by atoms with Crippen molar-refractivity contribution in [3.05, 3.63) is 24.4 Å². The lowest BCUT2D eigenvalue weighted by Crippen LogP contribution is -1.87. The van der Waals surface area contributed by atoms with Crippen LogP contribution in [0.4, 0.5) is 5.82 Å². The second-order valence-corrected chi connectivity index (χ2v) is 3.07. The Balaban J connectivity index is 2.16. The van der Waals surface area contributed by atoms with E-state index in [-0.39, 0.29) is 0 Å². The van der Waals surface area contributed by atoms with E-state index in [9.17, 15) is 0 Å². The van der Waals surface area contributed by atoms with Gasteiger partial charge in [0, 0.05) is 11.9 Å². The molecule has 0 spiro atoms. The van der Waals surface area contributed by atoms with Crippen molar-refractivity contribution in [3.63, 3.8) is 0 Å². The molecule has 0 aliphatic heterocycles. The number of hydrogen-bond donors (Lipinski definition) is 0. The molecule has 1 aliphatic rings. The van der Waals surface area contributed by atoms with Gasteiger partial charge in [-0.05, 0) is 37.8 Å². The lowest BCUT2D eigenvalue weighted by atomic mass is 10.3. The predicted octanol–water partition coefficient (Wildman–Crippen LogP) is 2.73. The van der Waals surface area contributed by atoms with Crippen molar-refractivity contribution in [2.75, 3.05) is 0 Å². The third-order valence-electron chi connectivity index (χ3n) is 2.10. The van der Waals surface area contributed by atoms with Gasteiger partial charge in [-0.2, -0.15) is 0 Å². The molecule has 2 nitrogen and oxygen atoms in total. The van der Waals surface area contributed by atoms with E-state index in [0.717, 1.165) is 18.7 Å². The fraction of sp³-hybridized carbons (Fsp3) is 0.400. The van der Waals surface area contributed by atoms with Gasteiger partial charge in [0.2, 0.25) is 0 Å². The average molecular weight is 160 g/mol. The molecule has 2 rings (SSSR count). The zero-order valence-corrected chi connectivity index (χ0v) is 7.03. The van der Waals surface area contributed by atoms with Gasteiger partial charge >= 0.3 is 0 Å². The van der Waals surface area contributed by atoms with E-state index >= 15 is 0 Å². The molecule has 0 unspecified atom stereocenters. The number of pyridine rings is 1. The average Bonchev–Trinajstić information content (AvgIpc) is 2.59. The summed E-state index contributed by atoms with van der Waals surface area (Å²) in [5, 5.41) is 0. The van der Waals surface area contributed by atoms with Crippen LogP contribution >= 0.6 is 0 Å². The van der Waals surface area contributed by atoms with E-state index in [1.165, 1.54) is 18.6 Å². The van der Waals surface area contributed by atoms with Crippen LogP contribution in [0.5, 0.6) is 0 Å². The summed E-state index contributed by atoms with van der Waals surface area (Å²) in [7, 11) is 0. The van der Waals surface area contributed by atoms with Crippen LogP contribution in [0.25, 0.3) is 0 Å². The van der Waals surface area contributed by atoms with E-state index in [4.69, 9.17) is 0 Å². The molecule has 1 aromatic heterocycles. The summed E-state index contributed by atoms with van der Waals surface area (Å²) in [4.78, 5) is 8.62. The molecule has 1 saturated carbocycles. The molecular weight excluding hydrogens is 148 g/mol. The van der Waals surface area contributed by atoms with Crippen LogP contribution in [-0.4, -0.2) is 10.7 Å². The molecule has 12 heavy (non-hydrogen) atoms. The Labute approximate surface area is 72.4 Å². The van der Waals surface area contributed by atoms with Crippen LogP contribution in [0.1, 0.15) is 25.7 Å².